The van der Waals surface area contributed by atoms with E-state index in [1.165, 1.54) is 0 Å². The van der Waals surface area contributed by atoms with Crippen LogP contribution in [0, 0.1) is 12.3 Å². The van der Waals surface area contributed by atoms with Gasteiger partial charge in [-0.1, -0.05) is 20.8 Å². The number of rotatable bonds is 4. The van der Waals surface area contributed by atoms with Crippen molar-refractivity contribution in [3.63, 3.8) is 0 Å². The molecule has 1 heterocycles. The number of fused-ring (bicyclic) bond motifs is 1. The maximum Gasteiger partial charge on any atom is 0.165 e. The van der Waals surface area contributed by atoms with Gasteiger partial charge in [0.1, 0.15) is 0 Å². The van der Waals surface area contributed by atoms with Crippen molar-refractivity contribution in [1.82, 2.24) is 4.57 Å². The first-order valence-corrected chi connectivity index (χ1v) is 8.40. The fourth-order valence-electron chi connectivity index (χ4n) is 2.85. The molecule has 1 aliphatic rings. The summed E-state index contributed by atoms with van der Waals surface area (Å²) in [5.41, 5.74) is 3.19. The van der Waals surface area contributed by atoms with Crippen LogP contribution in [-0.2, 0) is 23.8 Å². The molecule has 1 unspecified atom stereocenters. The van der Waals surface area contributed by atoms with Gasteiger partial charge in [0.25, 0.3) is 0 Å². The Morgan fingerprint density at radius 3 is 2.68 bits per heavy atom. The third-order valence-electron chi connectivity index (χ3n) is 3.87. The van der Waals surface area contributed by atoms with Crippen molar-refractivity contribution >= 4 is 16.6 Å². The van der Waals surface area contributed by atoms with Crippen molar-refractivity contribution in [2.45, 2.75) is 47.1 Å². The minimum absolute atomic E-state index is 0.0382. The number of hydrogen-bond donors (Lipinski definition) is 0. The first kappa shape index (κ1) is 14.5. The van der Waals surface area contributed by atoms with Crippen LogP contribution in [0.2, 0.25) is 0 Å². The Balaban J connectivity index is 2.31. The van der Waals surface area contributed by atoms with Crippen LogP contribution in [0.1, 0.15) is 48.9 Å². The summed E-state index contributed by atoms with van der Waals surface area (Å²) in [6, 6.07) is 2.00. The Kier molecular flexibility index (Phi) is 4.00. The monoisotopic (exact) mass is 281 g/mol. The molecular formula is C15H23NO2S. The Hall–Kier alpha value is -0.900. The van der Waals surface area contributed by atoms with Crippen molar-refractivity contribution in [2.75, 3.05) is 11.5 Å². The summed E-state index contributed by atoms with van der Waals surface area (Å²) in [5, 5.41) is 0. The highest BCUT2D eigenvalue weighted by molar-refractivity contribution is 7.84. The highest BCUT2D eigenvalue weighted by atomic mass is 32.2. The van der Waals surface area contributed by atoms with Crippen LogP contribution in [0.5, 0.6) is 0 Å². The van der Waals surface area contributed by atoms with Gasteiger partial charge in [0, 0.05) is 52.2 Å². The second kappa shape index (κ2) is 5.23. The zero-order valence-corrected chi connectivity index (χ0v) is 13.1. The topological polar surface area (TPSA) is 39.1 Å². The predicted molar refractivity (Wildman–Crippen MR) is 79.2 cm³/mol. The predicted octanol–water partition coefficient (Wildman–Crippen LogP) is 2.72. The summed E-state index contributed by atoms with van der Waals surface area (Å²) >= 11 is 0. The number of aromatic nitrogens is 1. The Bertz CT molecular complexity index is 528. The van der Waals surface area contributed by atoms with Crippen LogP contribution in [0.15, 0.2) is 6.07 Å². The van der Waals surface area contributed by atoms with Gasteiger partial charge < -0.3 is 4.57 Å². The molecule has 0 radical (unpaired) electrons. The van der Waals surface area contributed by atoms with E-state index in [1.54, 1.807) is 0 Å². The van der Waals surface area contributed by atoms with E-state index in [0.29, 0.717) is 17.9 Å². The lowest BCUT2D eigenvalue weighted by atomic mass is 9.76. The molecule has 2 rings (SSSR count). The molecular weight excluding hydrogens is 258 g/mol. The van der Waals surface area contributed by atoms with E-state index in [9.17, 15) is 9.00 Å². The Labute approximate surface area is 117 Å². The lowest BCUT2D eigenvalue weighted by Crippen LogP contribution is -2.28. The van der Waals surface area contributed by atoms with Crippen LogP contribution in [0.4, 0.5) is 0 Å². The Morgan fingerprint density at radius 1 is 1.37 bits per heavy atom. The first-order chi connectivity index (χ1) is 8.84. The van der Waals surface area contributed by atoms with E-state index in [-0.39, 0.29) is 11.2 Å². The second-order valence-corrected chi connectivity index (χ2v) is 8.04. The molecule has 0 saturated carbocycles. The summed E-state index contributed by atoms with van der Waals surface area (Å²) in [6.07, 6.45) is 1.56. The van der Waals surface area contributed by atoms with E-state index in [0.717, 1.165) is 29.9 Å². The van der Waals surface area contributed by atoms with E-state index in [2.05, 4.69) is 18.4 Å². The van der Waals surface area contributed by atoms with Gasteiger partial charge in [-0.3, -0.25) is 9.00 Å². The number of hydrogen-bond acceptors (Lipinski definition) is 2. The number of ketones is 1. The molecule has 0 aliphatic heterocycles. The average molecular weight is 281 g/mol. The molecule has 0 amide bonds. The fourth-order valence-corrected chi connectivity index (χ4v) is 3.53. The van der Waals surface area contributed by atoms with E-state index in [4.69, 9.17) is 0 Å². The molecule has 1 aromatic heterocycles. The third-order valence-corrected chi connectivity index (χ3v) is 5.15. The zero-order valence-electron chi connectivity index (χ0n) is 12.3. The zero-order chi connectivity index (χ0) is 14.2. The molecule has 3 nitrogen and oxygen atoms in total. The molecule has 1 aliphatic carbocycles. The van der Waals surface area contributed by atoms with Gasteiger partial charge in [0.2, 0.25) is 0 Å². The number of nitrogens with zero attached hydrogens (tertiary/aromatic N) is 1. The van der Waals surface area contributed by atoms with Gasteiger partial charge in [-0.25, -0.2) is 0 Å². The normalized spacial score (nSPS) is 19.3. The quantitative estimate of drug-likeness (QED) is 0.851. The molecule has 0 saturated heterocycles. The summed E-state index contributed by atoms with van der Waals surface area (Å²) in [7, 11) is -0.754. The molecule has 0 N–H and O–H groups in total. The molecule has 106 valence electrons. The van der Waals surface area contributed by atoms with Crippen LogP contribution >= 0.6 is 0 Å². The van der Waals surface area contributed by atoms with Gasteiger partial charge in [-0.2, -0.15) is 0 Å². The average Bonchev–Trinajstić information content (AvgIpc) is 2.61. The molecule has 4 heteroatoms. The number of Topliss-reactive ketones (excluding diaryl/α,β-unsaturated/α-hetero) is 1. The third kappa shape index (κ3) is 2.99. The van der Waals surface area contributed by atoms with Crippen molar-refractivity contribution in [1.29, 1.82) is 0 Å². The Morgan fingerprint density at radius 2 is 2.05 bits per heavy atom. The number of aryl methyl sites for hydroxylation is 1. The molecule has 0 aromatic carbocycles. The molecule has 0 spiro atoms. The SMILES string of the molecule is CCS(=O)CCn1c(C)cc2c1CC(C)(C)CC2=O. The maximum atomic E-state index is 12.2. The highest BCUT2D eigenvalue weighted by Gasteiger charge is 2.33. The lowest BCUT2D eigenvalue weighted by molar-refractivity contribution is 0.0910. The van der Waals surface area contributed by atoms with Gasteiger partial charge >= 0.3 is 0 Å². The first-order valence-electron chi connectivity index (χ1n) is 6.91. The maximum absolute atomic E-state index is 12.2. The van der Waals surface area contributed by atoms with E-state index >= 15 is 0 Å². The molecule has 0 bridgehead atoms. The second-order valence-electron chi connectivity index (χ2n) is 6.17. The van der Waals surface area contributed by atoms with Crippen molar-refractivity contribution in [2.24, 2.45) is 5.41 Å². The lowest BCUT2D eigenvalue weighted by Gasteiger charge is -2.29. The fraction of sp³-hybridized carbons (Fsp3) is 0.667. The smallest absolute Gasteiger partial charge is 0.165 e. The standard InChI is InChI=1S/C15H23NO2S/c1-5-19(18)7-6-16-11(2)8-12-13(16)9-15(3,4)10-14(12)17/h8H,5-7,9-10H2,1-4H3. The minimum atomic E-state index is -0.754. The van der Waals surface area contributed by atoms with Crippen molar-refractivity contribution in [3.8, 4) is 0 Å². The van der Waals surface area contributed by atoms with Crippen molar-refractivity contribution in [3.05, 3.63) is 23.0 Å². The van der Waals surface area contributed by atoms with Gasteiger partial charge in [-0.05, 0) is 24.8 Å². The van der Waals surface area contributed by atoms with Crippen LogP contribution in [0.3, 0.4) is 0 Å². The van der Waals surface area contributed by atoms with E-state index in [1.807, 2.05) is 19.9 Å². The van der Waals surface area contributed by atoms with Gasteiger partial charge in [0.05, 0.1) is 0 Å². The molecule has 1 atom stereocenters. The number of carbonyl (C=O) groups is 1. The highest BCUT2D eigenvalue weighted by Crippen LogP contribution is 2.36. The molecule has 0 fully saturated rings. The number of carbonyl (C=O) groups excluding carboxylic acids is 1. The molecule has 1 aromatic rings. The minimum Gasteiger partial charge on any atom is -0.347 e. The molecule has 19 heavy (non-hydrogen) atoms. The summed E-state index contributed by atoms with van der Waals surface area (Å²) in [6.45, 7) is 9.02. The largest absolute Gasteiger partial charge is 0.347 e. The summed E-state index contributed by atoms with van der Waals surface area (Å²) in [4.78, 5) is 12.2. The van der Waals surface area contributed by atoms with Crippen LogP contribution < -0.4 is 0 Å². The van der Waals surface area contributed by atoms with Gasteiger partial charge in [-0.15, -0.1) is 0 Å². The van der Waals surface area contributed by atoms with Gasteiger partial charge in [0.15, 0.2) is 5.78 Å². The van der Waals surface area contributed by atoms with Crippen LogP contribution in [0.25, 0.3) is 0 Å². The van der Waals surface area contributed by atoms with E-state index < -0.39 is 10.8 Å². The summed E-state index contributed by atoms with van der Waals surface area (Å²) in [5.74, 6) is 1.63. The van der Waals surface area contributed by atoms with Crippen LogP contribution in [-0.4, -0.2) is 26.1 Å². The van der Waals surface area contributed by atoms with Crippen molar-refractivity contribution < 1.29 is 9.00 Å². The summed E-state index contributed by atoms with van der Waals surface area (Å²) < 4.78 is 13.8.